The van der Waals surface area contributed by atoms with Gasteiger partial charge in [0.05, 0.1) is 12.1 Å². The number of amides is 1. The number of nitrogens with one attached hydrogen (secondary N) is 1. The Bertz CT molecular complexity index is 276. The van der Waals surface area contributed by atoms with E-state index in [4.69, 9.17) is 4.74 Å². The van der Waals surface area contributed by atoms with Crippen LogP contribution in [-0.4, -0.2) is 48.7 Å². The van der Waals surface area contributed by atoms with Crippen LogP contribution in [0, 0.1) is 0 Å². The number of rotatable bonds is 1. The van der Waals surface area contributed by atoms with Gasteiger partial charge in [-0.1, -0.05) is 19.3 Å². The molecule has 90 valence electrons. The minimum atomic E-state index is 0.0479. The molecule has 4 heteroatoms. The third-order valence-corrected chi connectivity index (χ3v) is 4.16. The number of carbonyl (C=O) groups excluding carboxylic acids is 1. The first-order chi connectivity index (χ1) is 7.83. The molecule has 4 nitrogen and oxygen atoms in total. The summed E-state index contributed by atoms with van der Waals surface area (Å²) in [6.07, 6.45) is 7.01. The minimum absolute atomic E-state index is 0.0479. The molecule has 2 aliphatic heterocycles. The average Bonchev–Trinajstić information content (AvgIpc) is 2.73. The molecule has 1 N–H and O–H groups in total. The number of likely N-dealkylation sites (tertiary alicyclic amines) is 1. The van der Waals surface area contributed by atoms with Gasteiger partial charge in [0.25, 0.3) is 0 Å². The van der Waals surface area contributed by atoms with E-state index in [1.54, 1.807) is 0 Å². The lowest BCUT2D eigenvalue weighted by atomic mass is 9.94. The molecule has 0 bridgehead atoms. The van der Waals surface area contributed by atoms with Crippen LogP contribution < -0.4 is 5.32 Å². The molecule has 0 aromatic heterocycles. The molecule has 0 spiro atoms. The predicted molar refractivity (Wildman–Crippen MR) is 60.1 cm³/mol. The van der Waals surface area contributed by atoms with Gasteiger partial charge in [-0.2, -0.15) is 0 Å². The largest absolute Gasteiger partial charge is 0.365 e. The number of nitrogens with zero attached hydrogens (tertiary/aromatic N) is 1. The van der Waals surface area contributed by atoms with Gasteiger partial charge in [-0.15, -0.1) is 0 Å². The summed E-state index contributed by atoms with van der Waals surface area (Å²) in [5.41, 5.74) is 0. The number of ether oxygens (including phenoxy) is 1. The molecule has 0 unspecified atom stereocenters. The van der Waals surface area contributed by atoms with E-state index in [2.05, 4.69) is 10.2 Å². The summed E-state index contributed by atoms with van der Waals surface area (Å²) < 4.78 is 5.58. The molecule has 3 aliphatic rings. The predicted octanol–water partition coefficient (Wildman–Crippen LogP) is 0.518. The smallest absolute Gasteiger partial charge is 0.246 e. The lowest BCUT2D eigenvalue weighted by Crippen LogP contribution is -2.51. The zero-order valence-electron chi connectivity index (χ0n) is 9.65. The summed E-state index contributed by atoms with van der Waals surface area (Å²) in [5, 5.41) is 3.04. The number of morpholine rings is 1. The molecule has 3 fully saturated rings. The Hall–Kier alpha value is -0.610. The number of hydrogen-bond acceptors (Lipinski definition) is 3. The van der Waals surface area contributed by atoms with Crippen LogP contribution in [0.4, 0.5) is 0 Å². The van der Waals surface area contributed by atoms with Crippen molar-refractivity contribution in [3.05, 3.63) is 0 Å². The first kappa shape index (κ1) is 10.5. The van der Waals surface area contributed by atoms with Crippen molar-refractivity contribution in [1.29, 1.82) is 0 Å². The van der Waals surface area contributed by atoms with Crippen molar-refractivity contribution < 1.29 is 9.53 Å². The maximum absolute atomic E-state index is 11.2. The van der Waals surface area contributed by atoms with Gasteiger partial charge in [-0.25, -0.2) is 0 Å². The van der Waals surface area contributed by atoms with Crippen molar-refractivity contribution in [2.75, 3.05) is 19.7 Å². The summed E-state index contributed by atoms with van der Waals surface area (Å²) in [4.78, 5) is 13.8. The van der Waals surface area contributed by atoms with Gasteiger partial charge in [0, 0.05) is 19.1 Å². The minimum Gasteiger partial charge on any atom is -0.365 e. The van der Waals surface area contributed by atoms with Crippen LogP contribution in [0.3, 0.4) is 0 Å². The highest BCUT2D eigenvalue weighted by Crippen LogP contribution is 2.27. The monoisotopic (exact) mass is 224 g/mol. The SMILES string of the molecule is O=C1CO[C@H]2CN(C3CCCCC3)C[C@H]2N1. The first-order valence-electron chi connectivity index (χ1n) is 6.48. The van der Waals surface area contributed by atoms with E-state index < -0.39 is 0 Å². The van der Waals surface area contributed by atoms with Crippen molar-refractivity contribution >= 4 is 5.91 Å². The Balaban J connectivity index is 1.60. The second kappa shape index (κ2) is 4.34. The van der Waals surface area contributed by atoms with Gasteiger partial charge in [0.15, 0.2) is 0 Å². The Morgan fingerprint density at radius 3 is 2.81 bits per heavy atom. The molecule has 2 saturated heterocycles. The van der Waals surface area contributed by atoms with Crippen LogP contribution in [0.5, 0.6) is 0 Å². The van der Waals surface area contributed by atoms with Gasteiger partial charge in [-0.05, 0) is 12.8 Å². The molecule has 1 amide bonds. The molecule has 3 rings (SSSR count). The van der Waals surface area contributed by atoms with Crippen LogP contribution in [-0.2, 0) is 9.53 Å². The van der Waals surface area contributed by atoms with Gasteiger partial charge in [0.1, 0.15) is 6.61 Å². The second-order valence-corrected chi connectivity index (χ2v) is 5.27. The van der Waals surface area contributed by atoms with E-state index >= 15 is 0 Å². The maximum atomic E-state index is 11.2. The number of fused-ring (bicyclic) bond motifs is 1. The topological polar surface area (TPSA) is 41.6 Å². The van der Waals surface area contributed by atoms with Crippen LogP contribution >= 0.6 is 0 Å². The van der Waals surface area contributed by atoms with E-state index in [1.165, 1.54) is 32.1 Å². The number of hydrogen-bond donors (Lipinski definition) is 1. The zero-order chi connectivity index (χ0) is 11.0. The molecule has 16 heavy (non-hydrogen) atoms. The van der Waals surface area contributed by atoms with Crippen molar-refractivity contribution in [2.45, 2.75) is 50.3 Å². The van der Waals surface area contributed by atoms with Crippen molar-refractivity contribution in [2.24, 2.45) is 0 Å². The fraction of sp³-hybridized carbons (Fsp3) is 0.917. The highest BCUT2D eigenvalue weighted by Gasteiger charge is 2.40. The number of carbonyl (C=O) groups is 1. The van der Waals surface area contributed by atoms with Crippen LogP contribution in [0.15, 0.2) is 0 Å². The molecule has 2 heterocycles. The Morgan fingerprint density at radius 2 is 2.00 bits per heavy atom. The fourth-order valence-corrected chi connectivity index (χ4v) is 3.29. The third-order valence-electron chi connectivity index (χ3n) is 4.16. The molecule has 0 aromatic rings. The summed E-state index contributed by atoms with van der Waals surface area (Å²) in [6, 6.07) is 0.975. The highest BCUT2D eigenvalue weighted by atomic mass is 16.5. The molecule has 1 aliphatic carbocycles. The summed E-state index contributed by atoms with van der Waals surface area (Å²) in [6.45, 7) is 2.25. The van der Waals surface area contributed by atoms with E-state index in [0.29, 0.717) is 0 Å². The maximum Gasteiger partial charge on any atom is 0.246 e. The van der Waals surface area contributed by atoms with Crippen molar-refractivity contribution in [3.63, 3.8) is 0 Å². The molecule has 0 aromatic carbocycles. The first-order valence-corrected chi connectivity index (χ1v) is 6.48. The average molecular weight is 224 g/mol. The second-order valence-electron chi connectivity index (χ2n) is 5.27. The van der Waals surface area contributed by atoms with Gasteiger partial charge < -0.3 is 10.1 Å². The normalized spacial score (nSPS) is 37.1. The van der Waals surface area contributed by atoms with E-state index in [9.17, 15) is 4.79 Å². The van der Waals surface area contributed by atoms with E-state index in [-0.39, 0.29) is 24.7 Å². The Morgan fingerprint density at radius 1 is 1.19 bits per heavy atom. The van der Waals surface area contributed by atoms with Crippen LogP contribution in [0.1, 0.15) is 32.1 Å². The Labute approximate surface area is 96.3 Å². The fourth-order valence-electron chi connectivity index (χ4n) is 3.29. The van der Waals surface area contributed by atoms with Gasteiger partial charge in [0.2, 0.25) is 5.91 Å². The van der Waals surface area contributed by atoms with E-state index in [0.717, 1.165) is 19.1 Å². The lowest BCUT2D eigenvalue weighted by Gasteiger charge is -2.30. The zero-order valence-corrected chi connectivity index (χ0v) is 9.65. The molecule has 2 atom stereocenters. The molecule has 1 saturated carbocycles. The third kappa shape index (κ3) is 1.96. The summed E-state index contributed by atoms with van der Waals surface area (Å²) in [7, 11) is 0. The molecule has 0 radical (unpaired) electrons. The van der Waals surface area contributed by atoms with Crippen LogP contribution in [0.2, 0.25) is 0 Å². The van der Waals surface area contributed by atoms with E-state index in [1.807, 2.05) is 0 Å². The highest BCUT2D eigenvalue weighted by molar-refractivity contribution is 5.78. The van der Waals surface area contributed by atoms with Crippen LogP contribution in [0.25, 0.3) is 0 Å². The summed E-state index contributed by atoms with van der Waals surface area (Å²) >= 11 is 0. The lowest BCUT2D eigenvalue weighted by molar-refractivity contribution is -0.134. The Kier molecular flexibility index (Phi) is 2.86. The molecular weight excluding hydrogens is 204 g/mol. The standard InChI is InChI=1S/C12H20N2O2/c15-12-8-16-11-7-14(6-10(11)13-12)9-4-2-1-3-5-9/h9-11H,1-8H2,(H,13,15)/t10-,11+/m1/s1. The van der Waals surface area contributed by atoms with Crippen molar-refractivity contribution in [1.82, 2.24) is 10.2 Å². The summed E-state index contributed by atoms with van der Waals surface area (Å²) in [5.74, 6) is 0.0479. The molecular formula is C12H20N2O2. The van der Waals surface area contributed by atoms with Gasteiger partial charge in [-0.3, -0.25) is 9.69 Å². The van der Waals surface area contributed by atoms with Crippen molar-refractivity contribution in [3.8, 4) is 0 Å². The quantitative estimate of drug-likeness (QED) is 0.706. The van der Waals surface area contributed by atoms with Gasteiger partial charge >= 0.3 is 0 Å².